The van der Waals surface area contributed by atoms with Gasteiger partial charge in [-0.05, 0) is 28.6 Å². The summed E-state index contributed by atoms with van der Waals surface area (Å²) in [6.45, 7) is 2.23. The summed E-state index contributed by atoms with van der Waals surface area (Å²) in [5.41, 5.74) is 6.12. The first-order valence-corrected chi connectivity index (χ1v) is 7.27. The summed E-state index contributed by atoms with van der Waals surface area (Å²) < 4.78 is 26.7. The highest BCUT2D eigenvalue weighted by Gasteiger charge is 2.14. The van der Waals surface area contributed by atoms with E-state index in [1.165, 1.54) is 16.8 Å². The Hall–Kier alpha value is -1.83. The molecule has 2 rings (SSSR count). The van der Waals surface area contributed by atoms with Gasteiger partial charge in [0.25, 0.3) is 0 Å². The van der Waals surface area contributed by atoms with Crippen molar-refractivity contribution in [2.24, 2.45) is 0 Å². The summed E-state index contributed by atoms with van der Waals surface area (Å²) in [6.07, 6.45) is 0. The molecule has 0 spiro atoms. The van der Waals surface area contributed by atoms with Gasteiger partial charge >= 0.3 is 0 Å². The number of nitrogens with two attached hydrogens (primary N) is 1. The van der Waals surface area contributed by atoms with Crippen LogP contribution in [-0.2, 0) is 17.3 Å². The molecule has 0 bridgehead atoms. The van der Waals surface area contributed by atoms with Gasteiger partial charge in [-0.15, -0.1) is 5.10 Å². The Bertz CT molecular complexity index is 601. The molecule has 6 nitrogen and oxygen atoms in total. The number of tetrazole rings is 1. The Morgan fingerprint density at radius 3 is 2.95 bits per heavy atom. The topological polar surface area (TPSA) is 86.7 Å². The van der Waals surface area contributed by atoms with Crippen LogP contribution < -0.4 is 5.73 Å². The van der Waals surface area contributed by atoms with Gasteiger partial charge in [-0.1, -0.05) is 6.92 Å². The number of aryl methyl sites for hydroxylation is 1. The van der Waals surface area contributed by atoms with Crippen molar-refractivity contribution in [2.45, 2.75) is 13.5 Å². The average molecular weight is 283 g/mol. The number of rotatable bonds is 5. The summed E-state index contributed by atoms with van der Waals surface area (Å²) >= 11 is 0. The molecule has 0 saturated heterocycles. The minimum Gasteiger partial charge on any atom is -0.399 e. The molecular formula is C11H14FN5OS. The number of hydrogen-bond acceptors (Lipinski definition) is 5. The molecule has 0 aliphatic carbocycles. The molecule has 2 aromatic rings. The molecule has 0 radical (unpaired) electrons. The lowest BCUT2D eigenvalue weighted by molar-refractivity contribution is 0.611. The standard InChI is InChI=1S/C11H14FN5OS/c1-2-19(18)6-5-17-11(14-15-16-17)9-4-3-8(13)7-10(9)12/h3-4,7H,2,5-6,13H2,1H3. The van der Waals surface area contributed by atoms with E-state index >= 15 is 0 Å². The van der Waals surface area contributed by atoms with E-state index in [-0.39, 0.29) is 5.56 Å². The number of anilines is 1. The molecule has 1 aromatic heterocycles. The number of aromatic nitrogens is 4. The third-order valence-corrected chi connectivity index (χ3v) is 3.90. The molecule has 1 aromatic carbocycles. The molecule has 0 amide bonds. The second-order valence-electron chi connectivity index (χ2n) is 3.90. The second-order valence-corrected chi connectivity index (χ2v) is 5.76. The summed E-state index contributed by atoms with van der Waals surface area (Å²) in [6, 6.07) is 4.34. The van der Waals surface area contributed by atoms with Crippen molar-refractivity contribution >= 4 is 16.5 Å². The number of nitrogens with zero attached hydrogens (tertiary/aromatic N) is 4. The van der Waals surface area contributed by atoms with E-state index in [0.29, 0.717) is 29.6 Å². The van der Waals surface area contributed by atoms with Gasteiger partial charge in [0, 0.05) is 28.0 Å². The highest BCUT2D eigenvalue weighted by Crippen LogP contribution is 2.21. The van der Waals surface area contributed by atoms with Gasteiger partial charge in [0.05, 0.1) is 12.1 Å². The van der Waals surface area contributed by atoms with Gasteiger partial charge in [0.15, 0.2) is 5.82 Å². The largest absolute Gasteiger partial charge is 0.399 e. The van der Waals surface area contributed by atoms with E-state index in [9.17, 15) is 8.60 Å². The van der Waals surface area contributed by atoms with E-state index in [4.69, 9.17) is 5.73 Å². The monoisotopic (exact) mass is 283 g/mol. The van der Waals surface area contributed by atoms with E-state index in [1.807, 2.05) is 6.92 Å². The van der Waals surface area contributed by atoms with Crippen LogP contribution in [0.5, 0.6) is 0 Å². The fourth-order valence-corrected chi connectivity index (χ4v) is 2.26. The van der Waals surface area contributed by atoms with Crippen LogP contribution in [0.4, 0.5) is 10.1 Å². The van der Waals surface area contributed by atoms with Gasteiger partial charge in [0.2, 0.25) is 0 Å². The lowest BCUT2D eigenvalue weighted by Crippen LogP contribution is -2.11. The van der Waals surface area contributed by atoms with Gasteiger partial charge in [-0.3, -0.25) is 4.21 Å². The molecule has 0 fully saturated rings. The Balaban J connectivity index is 2.26. The number of nitrogen functional groups attached to an aromatic ring is 1. The van der Waals surface area contributed by atoms with Crippen LogP contribution in [0.1, 0.15) is 6.92 Å². The first-order chi connectivity index (χ1) is 9.11. The lowest BCUT2D eigenvalue weighted by Gasteiger charge is -2.05. The number of halogens is 1. The molecule has 0 aliphatic heterocycles. The Morgan fingerprint density at radius 1 is 1.47 bits per heavy atom. The van der Waals surface area contributed by atoms with Crippen LogP contribution in [0.3, 0.4) is 0 Å². The summed E-state index contributed by atoms with van der Waals surface area (Å²) in [4.78, 5) is 0. The summed E-state index contributed by atoms with van der Waals surface area (Å²) in [5, 5.41) is 11.1. The Kier molecular flexibility index (Phi) is 4.20. The van der Waals surface area contributed by atoms with E-state index in [2.05, 4.69) is 15.5 Å². The van der Waals surface area contributed by atoms with E-state index < -0.39 is 16.6 Å². The highest BCUT2D eigenvalue weighted by atomic mass is 32.2. The van der Waals surface area contributed by atoms with Crippen LogP contribution in [0.15, 0.2) is 18.2 Å². The predicted octanol–water partition coefficient (Wildman–Crippen LogP) is 0.830. The van der Waals surface area contributed by atoms with Crippen molar-refractivity contribution < 1.29 is 8.60 Å². The molecular weight excluding hydrogens is 269 g/mol. The minimum atomic E-state index is -0.915. The van der Waals surface area contributed by atoms with Crippen LogP contribution in [0.2, 0.25) is 0 Å². The third kappa shape index (κ3) is 3.14. The molecule has 102 valence electrons. The Morgan fingerprint density at radius 2 is 2.26 bits per heavy atom. The van der Waals surface area contributed by atoms with Crippen LogP contribution in [0, 0.1) is 5.82 Å². The van der Waals surface area contributed by atoms with Crippen LogP contribution in [0.25, 0.3) is 11.4 Å². The molecule has 2 N–H and O–H groups in total. The van der Waals surface area contributed by atoms with Crippen LogP contribution in [-0.4, -0.2) is 35.9 Å². The van der Waals surface area contributed by atoms with Crippen molar-refractivity contribution in [1.29, 1.82) is 0 Å². The summed E-state index contributed by atoms with van der Waals surface area (Å²) in [7, 11) is -0.915. The number of hydrogen-bond donors (Lipinski definition) is 1. The van der Waals surface area contributed by atoms with Gasteiger partial charge in [0.1, 0.15) is 5.82 Å². The zero-order chi connectivity index (χ0) is 13.8. The normalized spacial score (nSPS) is 12.5. The first-order valence-electron chi connectivity index (χ1n) is 5.78. The molecule has 0 saturated carbocycles. The molecule has 19 heavy (non-hydrogen) atoms. The van der Waals surface area contributed by atoms with Crippen molar-refractivity contribution in [3.05, 3.63) is 24.0 Å². The fraction of sp³-hybridized carbons (Fsp3) is 0.364. The van der Waals surface area contributed by atoms with Gasteiger partial charge < -0.3 is 5.73 Å². The van der Waals surface area contributed by atoms with Crippen LogP contribution >= 0.6 is 0 Å². The molecule has 1 unspecified atom stereocenters. The van der Waals surface area contributed by atoms with Crippen molar-refractivity contribution in [3.8, 4) is 11.4 Å². The fourth-order valence-electron chi connectivity index (χ4n) is 1.59. The maximum absolute atomic E-state index is 13.8. The maximum atomic E-state index is 13.8. The quantitative estimate of drug-likeness (QED) is 0.821. The molecule has 1 heterocycles. The van der Waals surface area contributed by atoms with Crippen molar-refractivity contribution in [1.82, 2.24) is 20.2 Å². The number of benzene rings is 1. The second kappa shape index (κ2) is 5.87. The smallest absolute Gasteiger partial charge is 0.185 e. The first kappa shape index (κ1) is 13.6. The molecule has 1 atom stereocenters. The van der Waals surface area contributed by atoms with Gasteiger partial charge in [-0.2, -0.15) is 0 Å². The summed E-state index contributed by atoms with van der Waals surface area (Å²) in [5.74, 6) is 0.844. The maximum Gasteiger partial charge on any atom is 0.185 e. The Labute approximate surface area is 112 Å². The molecule has 8 heteroatoms. The predicted molar refractivity (Wildman–Crippen MR) is 71.2 cm³/mol. The van der Waals surface area contributed by atoms with E-state index in [1.54, 1.807) is 6.07 Å². The van der Waals surface area contributed by atoms with Crippen molar-refractivity contribution in [2.75, 3.05) is 17.2 Å². The SMILES string of the molecule is CCS(=O)CCn1nnnc1-c1ccc(N)cc1F. The molecule has 0 aliphatic rings. The third-order valence-electron chi connectivity index (χ3n) is 2.62. The highest BCUT2D eigenvalue weighted by molar-refractivity contribution is 7.84. The zero-order valence-corrected chi connectivity index (χ0v) is 11.2. The van der Waals surface area contributed by atoms with Crippen molar-refractivity contribution in [3.63, 3.8) is 0 Å². The van der Waals surface area contributed by atoms with Gasteiger partial charge in [-0.25, -0.2) is 9.07 Å². The minimum absolute atomic E-state index is 0.279. The zero-order valence-electron chi connectivity index (χ0n) is 10.4. The van der Waals surface area contributed by atoms with E-state index in [0.717, 1.165) is 0 Å². The average Bonchev–Trinajstić information content (AvgIpc) is 2.84. The lowest BCUT2D eigenvalue weighted by atomic mass is 10.2.